The van der Waals surface area contributed by atoms with Crippen molar-refractivity contribution in [2.24, 2.45) is 0 Å². The van der Waals surface area contributed by atoms with Crippen LogP contribution in [0.4, 0.5) is 5.82 Å². The van der Waals surface area contributed by atoms with Gasteiger partial charge in [-0.15, -0.1) is 0 Å². The van der Waals surface area contributed by atoms with Gasteiger partial charge in [0.1, 0.15) is 11.5 Å². The number of aromatic nitrogens is 3. The number of anilines is 1. The first kappa shape index (κ1) is 12.0. The number of hydrogen-bond acceptors (Lipinski definition) is 5. The first-order valence-corrected chi connectivity index (χ1v) is 5.51. The molecule has 2 aromatic heterocycles. The molecule has 0 bridgehead atoms. The SMILES string of the molecule is Nc1cnc(C(=O)NCCc2ccccn2)cn1. The normalized spacial score (nSPS) is 10.0. The van der Waals surface area contributed by atoms with Gasteiger partial charge < -0.3 is 11.1 Å². The minimum Gasteiger partial charge on any atom is -0.382 e. The molecule has 0 spiro atoms. The molecule has 92 valence electrons. The number of nitrogen functional groups attached to an aromatic ring is 1. The lowest BCUT2D eigenvalue weighted by atomic mass is 10.2. The molecule has 3 N–H and O–H groups in total. The lowest BCUT2D eigenvalue weighted by Crippen LogP contribution is -2.26. The predicted molar refractivity (Wildman–Crippen MR) is 66.7 cm³/mol. The second kappa shape index (κ2) is 5.72. The van der Waals surface area contributed by atoms with Gasteiger partial charge in [0.25, 0.3) is 5.91 Å². The van der Waals surface area contributed by atoms with Crippen LogP contribution in [0.1, 0.15) is 16.2 Å². The summed E-state index contributed by atoms with van der Waals surface area (Å²) in [5, 5.41) is 2.74. The Bertz CT molecular complexity index is 512. The van der Waals surface area contributed by atoms with Gasteiger partial charge >= 0.3 is 0 Å². The molecule has 6 heteroatoms. The number of hydrogen-bond donors (Lipinski definition) is 2. The van der Waals surface area contributed by atoms with E-state index in [1.165, 1.54) is 12.4 Å². The third kappa shape index (κ3) is 3.24. The number of nitrogens with zero attached hydrogens (tertiary/aromatic N) is 3. The van der Waals surface area contributed by atoms with E-state index < -0.39 is 0 Å². The second-order valence-corrected chi connectivity index (χ2v) is 3.65. The third-order valence-electron chi connectivity index (χ3n) is 2.30. The molecule has 2 aromatic rings. The van der Waals surface area contributed by atoms with Crippen LogP contribution in [-0.2, 0) is 6.42 Å². The summed E-state index contributed by atoms with van der Waals surface area (Å²) in [6, 6.07) is 5.68. The van der Waals surface area contributed by atoms with Crippen molar-refractivity contribution in [2.75, 3.05) is 12.3 Å². The molecule has 0 atom stereocenters. The molecule has 0 aliphatic heterocycles. The lowest BCUT2D eigenvalue weighted by molar-refractivity contribution is 0.0949. The van der Waals surface area contributed by atoms with Crippen molar-refractivity contribution in [1.29, 1.82) is 0 Å². The first-order valence-electron chi connectivity index (χ1n) is 5.51. The minimum absolute atomic E-state index is 0.255. The van der Waals surface area contributed by atoms with E-state index >= 15 is 0 Å². The Morgan fingerprint density at radius 3 is 2.78 bits per heavy atom. The van der Waals surface area contributed by atoms with Gasteiger partial charge in [-0.3, -0.25) is 9.78 Å². The zero-order valence-corrected chi connectivity index (χ0v) is 9.71. The largest absolute Gasteiger partial charge is 0.382 e. The van der Waals surface area contributed by atoms with Crippen LogP contribution in [0.3, 0.4) is 0 Å². The molecule has 0 saturated carbocycles. The Hall–Kier alpha value is -2.50. The molecule has 0 saturated heterocycles. The van der Waals surface area contributed by atoms with Crippen LogP contribution in [0.25, 0.3) is 0 Å². The van der Waals surface area contributed by atoms with Crippen molar-refractivity contribution in [3.05, 3.63) is 48.2 Å². The molecule has 1 amide bonds. The number of carbonyl (C=O) groups is 1. The zero-order chi connectivity index (χ0) is 12.8. The van der Waals surface area contributed by atoms with Gasteiger partial charge in [-0.05, 0) is 12.1 Å². The van der Waals surface area contributed by atoms with Gasteiger partial charge in [0.2, 0.25) is 0 Å². The summed E-state index contributed by atoms with van der Waals surface area (Å²) in [6.45, 7) is 0.502. The summed E-state index contributed by atoms with van der Waals surface area (Å²) in [6.07, 6.45) is 5.11. The molecule has 2 rings (SSSR count). The maximum Gasteiger partial charge on any atom is 0.271 e. The van der Waals surface area contributed by atoms with E-state index in [-0.39, 0.29) is 11.6 Å². The first-order chi connectivity index (χ1) is 8.75. The molecule has 0 unspecified atom stereocenters. The fourth-order valence-corrected chi connectivity index (χ4v) is 1.40. The van der Waals surface area contributed by atoms with Crippen LogP contribution in [-0.4, -0.2) is 27.4 Å². The van der Waals surface area contributed by atoms with Crippen molar-refractivity contribution in [2.45, 2.75) is 6.42 Å². The highest BCUT2D eigenvalue weighted by Gasteiger charge is 2.06. The maximum atomic E-state index is 11.7. The molecule has 0 aliphatic carbocycles. The van der Waals surface area contributed by atoms with Gasteiger partial charge in [0, 0.05) is 24.9 Å². The number of rotatable bonds is 4. The Labute approximate surface area is 104 Å². The van der Waals surface area contributed by atoms with Gasteiger partial charge in [0.05, 0.1) is 12.4 Å². The number of nitrogens with one attached hydrogen (secondary N) is 1. The summed E-state index contributed by atoms with van der Waals surface area (Å²) in [5.41, 5.74) is 6.58. The van der Waals surface area contributed by atoms with Crippen LogP contribution in [0.2, 0.25) is 0 Å². The number of pyridine rings is 1. The molecule has 18 heavy (non-hydrogen) atoms. The summed E-state index contributed by atoms with van der Waals surface area (Å²) in [7, 11) is 0. The highest BCUT2D eigenvalue weighted by Crippen LogP contribution is 1.97. The Kier molecular flexibility index (Phi) is 3.80. The van der Waals surface area contributed by atoms with Crippen LogP contribution >= 0.6 is 0 Å². The Balaban J connectivity index is 1.84. The second-order valence-electron chi connectivity index (χ2n) is 3.65. The van der Waals surface area contributed by atoms with Crippen molar-refractivity contribution in [3.8, 4) is 0 Å². The Morgan fingerprint density at radius 2 is 2.11 bits per heavy atom. The summed E-state index contributed by atoms with van der Waals surface area (Å²) >= 11 is 0. The molecule has 0 aliphatic rings. The zero-order valence-electron chi connectivity index (χ0n) is 9.71. The van der Waals surface area contributed by atoms with Crippen molar-refractivity contribution in [1.82, 2.24) is 20.3 Å². The number of carbonyl (C=O) groups excluding carboxylic acids is 1. The lowest BCUT2D eigenvalue weighted by Gasteiger charge is -2.04. The highest BCUT2D eigenvalue weighted by atomic mass is 16.1. The number of amides is 1. The van der Waals surface area contributed by atoms with Crippen molar-refractivity contribution < 1.29 is 4.79 Å². The molecule has 6 nitrogen and oxygen atoms in total. The third-order valence-corrected chi connectivity index (χ3v) is 2.30. The van der Waals surface area contributed by atoms with Crippen molar-refractivity contribution >= 4 is 11.7 Å². The van der Waals surface area contributed by atoms with Gasteiger partial charge in [-0.25, -0.2) is 9.97 Å². The van der Waals surface area contributed by atoms with E-state index in [2.05, 4.69) is 20.3 Å². The van der Waals surface area contributed by atoms with Crippen LogP contribution in [0.5, 0.6) is 0 Å². The van der Waals surface area contributed by atoms with Gasteiger partial charge in [-0.1, -0.05) is 6.07 Å². The quantitative estimate of drug-likeness (QED) is 0.812. The molecular weight excluding hydrogens is 230 g/mol. The Morgan fingerprint density at radius 1 is 1.22 bits per heavy atom. The van der Waals surface area contributed by atoms with Crippen molar-refractivity contribution in [3.63, 3.8) is 0 Å². The van der Waals surface area contributed by atoms with E-state index in [0.717, 1.165) is 5.69 Å². The van der Waals surface area contributed by atoms with Crippen LogP contribution in [0, 0.1) is 0 Å². The van der Waals surface area contributed by atoms with Crippen LogP contribution in [0.15, 0.2) is 36.8 Å². The highest BCUT2D eigenvalue weighted by molar-refractivity contribution is 5.91. The molecule has 0 aromatic carbocycles. The monoisotopic (exact) mass is 243 g/mol. The maximum absolute atomic E-state index is 11.7. The van der Waals surface area contributed by atoms with E-state index in [1.54, 1.807) is 6.20 Å². The average Bonchev–Trinajstić information content (AvgIpc) is 2.40. The average molecular weight is 243 g/mol. The fraction of sp³-hybridized carbons (Fsp3) is 0.167. The predicted octanol–water partition coefficient (Wildman–Crippen LogP) is 0.426. The standard InChI is InChI=1S/C12H13N5O/c13-11-8-16-10(7-17-11)12(18)15-6-4-9-3-1-2-5-14-9/h1-3,5,7-8H,4,6H2,(H2,13,17)(H,15,18). The van der Waals surface area contributed by atoms with Gasteiger partial charge in [-0.2, -0.15) is 0 Å². The van der Waals surface area contributed by atoms with E-state index in [0.29, 0.717) is 18.8 Å². The topological polar surface area (TPSA) is 93.8 Å². The summed E-state index contributed by atoms with van der Waals surface area (Å²) in [4.78, 5) is 23.5. The van der Waals surface area contributed by atoms with Crippen LogP contribution < -0.4 is 11.1 Å². The molecular formula is C12H13N5O. The summed E-state index contributed by atoms with van der Waals surface area (Å²) in [5.74, 6) is 0.0264. The van der Waals surface area contributed by atoms with E-state index in [4.69, 9.17) is 5.73 Å². The van der Waals surface area contributed by atoms with E-state index in [1.807, 2.05) is 18.2 Å². The number of nitrogens with two attached hydrogens (primary N) is 1. The molecule has 2 heterocycles. The molecule has 0 fully saturated rings. The van der Waals surface area contributed by atoms with Gasteiger partial charge in [0.15, 0.2) is 0 Å². The van der Waals surface area contributed by atoms with E-state index in [9.17, 15) is 4.79 Å². The minimum atomic E-state index is -0.265. The smallest absolute Gasteiger partial charge is 0.271 e. The fourth-order valence-electron chi connectivity index (χ4n) is 1.40. The molecule has 0 radical (unpaired) electrons. The summed E-state index contributed by atoms with van der Waals surface area (Å²) < 4.78 is 0.